The minimum absolute atomic E-state index is 0.0174. The Morgan fingerprint density at radius 2 is 2.19 bits per heavy atom. The number of amides is 2. The summed E-state index contributed by atoms with van der Waals surface area (Å²) in [6.07, 6.45) is 1.95. The van der Waals surface area contributed by atoms with Crippen molar-refractivity contribution in [3.63, 3.8) is 0 Å². The van der Waals surface area contributed by atoms with E-state index < -0.39 is 17.5 Å². The van der Waals surface area contributed by atoms with Crippen LogP contribution in [0.4, 0.5) is 10.5 Å². The van der Waals surface area contributed by atoms with Crippen LogP contribution in [0.15, 0.2) is 24.3 Å². The smallest absolute Gasteiger partial charge is 0.329 e. The lowest BCUT2D eigenvalue weighted by Crippen LogP contribution is -2.57. The number of nitrogens with one attached hydrogen (secondary N) is 2. The summed E-state index contributed by atoms with van der Waals surface area (Å²) in [5, 5.41) is 23.4. The van der Waals surface area contributed by atoms with E-state index >= 15 is 0 Å². The molecule has 3 N–H and O–H groups in total. The van der Waals surface area contributed by atoms with Crippen LogP contribution in [0.5, 0.6) is 0 Å². The number of anilines is 1. The molecule has 2 rings (SSSR count). The summed E-state index contributed by atoms with van der Waals surface area (Å²) in [5.41, 5.74) is -0.329. The standard InChI is InChI=1S/C15H17N3O3/c1-2-15(13(19)20,11-6-7-11)18-14(21)17-12-5-3-4-10(8-12)9-16/h3-5,8,11H,2,6-7H2,1H3,(H,19,20)(H2,17,18,21)/t15-/m1/s1. The number of benzene rings is 1. The van der Waals surface area contributed by atoms with Crippen LogP contribution in [0.2, 0.25) is 0 Å². The largest absolute Gasteiger partial charge is 0.479 e. The highest BCUT2D eigenvalue weighted by Gasteiger charge is 2.51. The lowest BCUT2D eigenvalue weighted by molar-refractivity contribution is -0.145. The lowest BCUT2D eigenvalue weighted by atomic mass is 9.90. The van der Waals surface area contributed by atoms with Crippen LogP contribution in [0.3, 0.4) is 0 Å². The first kappa shape index (κ1) is 14.9. The third-order valence-corrected chi connectivity index (χ3v) is 3.80. The van der Waals surface area contributed by atoms with Gasteiger partial charge in [0.05, 0.1) is 11.6 Å². The molecule has 2 amide bonds. The molecule has 0 heterocycles. The van der Waals surface area contributed by atoms with Crippen LogP contribution in [0.25, 0.3) is 0 Å². The number of nitrogens with zero attached hydrogens (tertiary/aromatic N) is 1. The van der Waals surface area contributed by atoms with Crippen molar-refractivity contribution in [2.45, 2.75) is 31.7 Å². The first-order valence-corrected chi connectivity index (χ1v) is 6.84. The maximum atomic E-state index is 12.1. The fourth-order valence-corrected chi connectivity index (χ4v) is 2.47. The molecule has 0 radical (unpaired) electrons. The number of urea groups is 1. The van der Waals surface area contributed by atoms with Gasteiger partial charge in [-0.25, -0.2) is 9.59 Å². The molecule has 1 aliphatic carbocycles. The zero-order chi connectivity index (χ0) is 15.5. The van der Waals surface area contributed by atoms with Gasteiger partial charge in [-0.2, -0.15) is 5.26 Å². The molecule has 1 aliphatic rings. The highest BCUT2D eigenvalue weighted by molar-refractivity contribution is 5.94. The second kappa shape index (κ2) is 5.83. The van der Waals surface area contributed by atoms with Crippen molar-refractivity contribution in [3.8, 4) is 6.07 Å². The number of carboxylic acids is 1. The molecule has 0 aromatic heterocycles. The van der Waals surface area contributed by atoms with Gasteiger partial charge in [0.25, 0.3) is 0 Å². The van der Waals surface area contributed by atoms with Gasteiger partial charge in [0.15, 0.2) is 0 Å². The highest BCUT2D eigenvalue weighted by Crippen LogP contribution is 2.41. The van der Waals surface area contributed by atoms with E-state index in [-0.39, 0.29) is 5.92 Å². The molecule has 21 heavy (non-hydrogen) atoms. The summed E-state index contributed by atoms with van der Waals surface area (Å²) in [4.78, 5) is 23.6. The Labute approximate surface area is 122 Å². The van der Waals surface area contributed by atoms with Crippen LogP contribution in [-0.2, 0) is 4.79 Å². The fraction of sp³-hybridized carbons (Fsp3) is 0.400. The first-order valence-electron chi connectivity index (χ1n) is 6.84. The number of nitriles is 1. The number of carboxylic acid groups (broad SMARTS) is 1. The SMILES string of the molecule is CC[C@](NC(=O)Nc1cccc(C#N)c1)(C(=O)O)C1CC1. The van der Waals surface area contributed by atoms with Crippen molar-refractivity contribution in [2.75, 3.05) is 5.32 Å². The van der Waals surface area contributed by atoms with Crippen LogP contribution in [0, 0.1) is 17.2 Å². The number of aliphatic carboxylic acids is 1. The molecule has 6 nitrogen and oxygen atoms in total. The molecule has 1 aromatic carbocycles. The molecular weight excluding hydrogens is 270 g/mol. The summed E-state index contributed by atoms with van der Waals surface area (Å²) >= 11 is 0. The number of carbonyl (C=O) groups is 2. The predicted octanol–water partition coefficient (Wildman–Crippen LogP) is 2.32. The first-order chi connectivity index (χ1) is 10.0. The molecule has 110 valence electrons. The van der Waals surface area contributed by atoms with Gasteiger partial charge in [-0.3, -0.25) is 0 Å². The zero-order valence-electron chi connectivity index (χ0n) is 11.7. The second-order valence-corrected chi connectivity index (χ2v) is 5.18. The van der Waals surface area contributed by atoms with Crippen LogP contribution in [0.1, 0.15) is 31.7 Å². The Hall–Kier alpha value is -2.55. The minimum atomic E-state index is -1.21. The normalized spacial score (nSPS) is 16.4. The summed E-state index contributed by atoms with van der Waals surface area (Å²) in [7, 11) is 0. The van der Waals surface area contributed by atoms with Gasteiger partial charge in [0.2, 0.25) is 0 Å². The molecule has 1 aromatic rings. The quantitative estimate of drug-likeness (QED) is 0.773. The van der Waals surface area contributed by atoms with E-state index in [9.17, 15) is 14.7 Å². The Balaban J connectivity index is 2.09. The fourth-order valence-electron chi connectivity index (χ4n) is 2.47. The maximum Gasteiger partial charge on any atom is 0.329 e. The highest BCUT2D eigenvalue weighted by atomic mass is 16.4. The van der Waals surface area contributed by atoms with Gasteiger partial charge in [-0.1, -0.05) is 13.0 Å². The Morgan fingerprint density at radius 3 is 2.71 bits per heavy atom. The average molecular weight is 287 g/mol. The van der Waals surface area contributed by atoms with Crippen molar-refractivity contribution in [1.29, 1.82) is 5.26 Å². The summed E-state index contributed by atoms with van der Waals surface area (Å²) in [6.45, 7) is 1.75. The van der Waals surface area contributed by atoms with Gasteiger partial charge in [0.1, 0.15) is 5.54 Å². The van der Waals surface area contributed by atoms with E-state index in [1.807, 2.05) is 6.07 Å². The van der Waals surface area contributed by atoms with Gasteiger partial charge >= 0.3 is 12.0 Å². The lowest BCUT2D eigenvalue weighted by Gasteiger charge is -2.29. The molecule has 0 spiro atoms. The van der Waals surface area contributed by atoms with Crippen LogP contribution >= 0.6 is 0 Å². The number of hydrogen-bond acceptors (Lipinski definition) is 3. The molecule has 6 heteroatoms. The minimum Gasteiger partial charge on any atom is -0.479 e. The molecule has 0 saturated heterocycles. The number of carbonyl (C=O) groups excluding carboxylic acids is 1. The van der Waals surface area contributed by atoms with Crippen molar-refractivity contribution in [3.05, 3.63) is 29.8 Å². The zero-order valence-corrected chi connectivity index (χ0v) is 11.7. The van der Waals surface area contributed by atoms with Crippen LogP contribution in [-0.4, -0.2) is 22.6 Å². The van der Waals surface area contributed by atoms with E-state index in [0.717, 1.165) is 12.8 Å². The Morgan fingerprint density at radius 1 is 1.48 bits per heavy atom. The van der Waals surface area contributed by atoms with E-state index in [0.29, 0.717) is 17.7 Å². The Bertz CT molecular complexity index is 604. The topological polar surface area (TPSA) is 102 Å². The van der Waals surface area contributed by atoms with Crippen molar-refractivity contribution < 1.29 is 14.7 Å². The molecule has 1 saturated carbocycles. The van der Waals surface area contributed by atoms with Crippen LogP contribution < -0.4 is 10.6 Å². The van der Waals surface area contributed by atoms with Gasteiger partial charge in [-0.05, 0) is 43.4 Å². The molecule has 0 aliphatic heterocycles. The molecule has 0 unspecified atom stereocenters. The second-order valence-electron chi connectivity index (χ2n) is 5.18. The average Bonchev–Trinajstić information content (AvgIpc) is 3.29. The molecule has 0 bridgehead atoms. The maximum absolute atomic E-state index is 12.1. The molecule has 1 fully saturated rings. The van der Waals surface area contributed by atoms with Crippen molar-refractivity contribution in [2.24, 2.45) is 5.92 Å². The van der Waals surface area contributed by atoms with Gasteiger partial charge < -0.3 is 15.7 Å². The predicted molar refractivity (Wildman–Crippen MR) is 76.7 cm³/mol. The van der Waals surface area contributed by atoms with E-state index in [1.54, 1.807) is 25.1 Å². The summed E-state index contributed by atoms with van der Waals surface area (Å²) in [6, 6.07) is 7.87. The van der Waals surface area contributed by atoms with Gasteiger partial charge in [0, 0.05) is 5.69 Å². The monoisotopic (exact) mass is 287 g/mol. The van der Waals surface area contributed by atoms with Crippen molar-refractivity contribution in [1.82, 2.24) is 5.32 Å². The Kier molecular flexibility index (Phi) is 4.13. The molecular formula is C15H17N3O3. The third-order valence-electron chi connectivity index (χ3n) is 3.80. The summed E-state index contributed by atoms with van der Waals surface area (Å²) < 4.78 is 0. The number of hydrogen-bond donors (Lipinski definition) is 3. The van der Waals surface area contributed by atoms with Gasteiger partial charge in [-0.15, -0.1) is 0 Å². The molecule has 1 atom stereocenters. The van der Waals surface area contributed by atoms with E-state index in [1.165, 1.54) is 6.07 Å². The summed E-state index contributed by atoms with van der Waals surface area (Å²) in [5.74, 6) is -1.02. The van der Waals surface area contributed by atoms with E-state index in [4.69, 9.17) is 5.26 Å². The van der Waals surface area contributed by atoms with Crippen molar-refractivity contribution >= 4 is 17.7 Å². The van der Waals surface area contributed by atoms with E-state index in [2.05, 4.69) is 10.6 Å². The number of rotatable bonds is 5. The third kappa shape index (κ3) is 3.14.